The van der Waals surface area contributed by atoms with E-state index in [1.54, 1.807) is 12.1 Å². The number of hydrazine groups is 1. The van der Waals surface area contributed by atoms with E-state index < -0.39 is 5.54 Å². The molecule has 2 N–H and O–H groups in total. The van der Waals surface area contributed by atoms with Gasteiger partial charge in [-0.05, 0) is 30.0 Å². The van der Waals surface area contributed by atoms with E-state index in [0.717, 1.165) is 12.0 Å². The number of carbonyl (C=O) groups is 1. The van der Waals surface area contributed by atoms with Crippen LogP contribution in [0, 0.1) is 5.92 Å². The summed E-state index contributed by atoms with van der Waals surface area (Å²) in [5, 5.41) is 0. The average Bonchev–Trinajstić information content (AvgIpc) is 2.63. The van der Waals surface area contributed by atoms with Crippen LogP contribution in [0.25, 0.3) is 0 Å². The molecule has 0 saturated heterocycles. The number of nitrogens with one attached hydrogen (secondary N) is 2. The molecule has 2 aromatic carbocycles. The van der Waals surface area contributed by atoms with Gasteiger partial charge in [0.2, 0.25) is 0 Å². The van der Waals surface area contributed by atoms with Crippen molar-refractivity contribution in [2.24, 2.45) is 5.92 Å². The summed E-state index contributed by atoms with van der Waals surface area (Å²) in [5.41, 5.74) is 7.51. The van der Waals surface area contributed by atoms with Crippen molar-refractivity contribution in [2.75, 3.05) is 0 Å². The Hall–Kier alpha value is -2.39. The second-order valence-electron chi connectivity index (χ2n) is 5.66. The minimum absolute atomic E-state index is 0.143. The van der Waals surface area contributed by atoms with Gasteiger partial charge in [0.1, 0.15) is 0 Å². The number of rotatable bonds is 7. The number of hydrogen-bond donors (Lipinski definition) is 2. The zero-order valence-corrected chi connectivity index (χ0v) is 13.8. The second-order valence-corrected chi connectivity index (χ2v) is 5.66. The van der Waals surface area contributed by atoms with Crippen LogP contribution in [0.2, 0.25) is 0 Å². The topological polar surface area (TPSA) is 41.1 Å². The van der Waals surface area contributed by atoms with Crippen LogP contribution in [-0.4, -0.2) is 5.91 Å². The molecule has 2 rings (SSSR count). The Morgan fingerprint density at radius 3 is 2.22 bits per heavy atom. The van der Waals surface area contributed by atoms with Crippen LogP contribution >= 0.6 is 0 Å². The van der Waals surface area contributed by atoms with Crippen molar-refractivity contribution in [3.63, 3.8) is 0 Å². The minimum Gasteiger partial charge on any atom is -0.287 e. The Labute approximate surface area is 138 Å². The van der Waals surface area contributed by atoms with Crippen molar-refractivity contribution in [3.05, 3.63) is 84.4 Å². The first-order valence-electron chi connectivity index (χ1n) is 7.94. The van der Waals surface area contributed by atoms with Gasteiger partial charge in [-0.25, -0.2) is 5.43 Å². The summed E-state index contributed by atoms with van der Waals surface area (Å²) < 4.78 is 0. The van der Waals surface area contributed by atoms with Gasteiger partial charge in [-0.1, -0.05) is 68.5 Å². The second kappa shape index (κ2) is 7.75. The maximum absolute atomic E-state index is 12.4. The lowest BCUT2D eigenvalue weighted by Gasteiger charge is -2.38. The molecule has 0 aromatic heterocycles. The van der Waals surface area contributed by atoms with Crippen molar-refractivity contribution in [2.45, 2.75) is 25.8 Å². The van der Waals surface area contributed by atoms with Crippen LogP contribution < -0.4 is 10.9 Å². The third kappa shape index (κ3) is 3.69. The third-order valence-electron chi connectivity index (χ3n) is 4.41. The Balaban J connectivity index is 2.25. The van der Waals surface area contributed by atoms with Gasteiger partial charge in [-0.2, -0.15) is 0 Å². The molecule has 0 bridgehead atoms. The SMILES string of the molecule is C=C[C@@H](C)[C@@](CC)(NNC(=O)c1ccccc1)c1ccccc1. The van der Waals surface area contributed by atoms with E-state index in [2.05, 4.69) is 43.4 Å². The fourth-order valence-electron chi connectivity index (χ4n) is 2.83. The van der Waals surface area contributed by atoms with Gasteiger partial charge in [-0.15, -0.1) is 6.58 Å². The van der Waals surface area contributed by atoms with Crippen molar-refractivity contribution in [1.29, 1.82) is 0 Å². The monoisotopic (exact) mass is 308 g/mol. The molecule has 3 heteroatoms. The summed E-state index contributed by atoms with van der Waals surface area (Å²) in [4.78, 5) is 12.4. The van der Waals surface area contributed by atoms with E-state index in [-0.39, 0.29) is 11.8 Å². The zero-order chi connectivity index (χ0) is 16.7. The summed E-state index contributed by atoms with van der Waals surface area (Å²) >= 11 is 0. The highest BCUT2D eigenvalue weighted by molar-refractivity contribution is 5.93. The van der Waals surface area contributed by atoms with Crippen molar-refractivity contribution < 1.29 is 4.79 Å². The summed E-state index contributed by atoms with van der Waals surface area (Å²) in [6.45, 7) is 8.14. The average molecular weight is 308 g/mol. The lowest BCUT2D eigenvalue weighted by molar-refractivity contribution is 0.0883. The van der Waals surface area contributed by atoms with Crippen molar-refractivity contribution >= 4 is 5.91 Å². The molecule has 0 aliphatic heterocycles. The van der Waals surface area contributed by atoms with E-state index in [1.807, 2.05) is 42.5 Å². The number of benzene rings is 2. The van der Waals surface area contributed by atoms with E-state index in [0.29, 0.717) is 5.56 Å². The van der Waals surface area contributed by atoms with E-state index in [1.165, 1.54) is 0 Å². The molecule has 0 aliphatic carbocycles. The van der Waals surface area contributed by atoms with E-state index in [4.69, 9.17) is 0 Å². The maximum atomic E-state index is 12.4. The number of amides is 1. The largest absolute Gasteiger partial charge is 0.287 e. The lowest BCUT2D eigenvalue weighted by Crippen LogP contribution is -2.55. The normalized spacial score (nSPS) is 14.5. The fraction of sp³-hybridized carbons (Fsp3) is 0.250. The van der Waals surface area contributed by atoms with Crippen molar-refractivity contribution in [3.8, 4) is 0 Å². The van der Waals surface area contributed by atoms with Gasteiger partial charge in [0.15, 0.2) is 0 Å². The Morgan fingerprint density at radius 1 is 1.13 bits per heavy atom. The number of carbonyl (C=O) groups excluding carboxylic acids is 1. The van der Waals surface area contributed by atoms with Gasteiger partial charge >= 0.3 is 0 Å². The zero-order valence-electron chi connectivity index (χ0n) is 13.8. The Bertz CT molecular complexity index is 639. The quantitative estimate of drug-likeness (QED) is 0.598. The molecule has 23 heavy (non-hydrogen) atoms. The minimum atomic E-state index is -0.395. The van der Waals surface area contributed by atoms with Crippen molar-refractivity contribution in [1.82, 2.24) is 10.9 Å². The molecule has 2 atom stereocenters. The smallest absolute Gasteiger partial charge is 0.265 e. The summed E-state index contributed by atoms with van der Waals surface area (Å²) in [7, 11) is 0. The van der Waals surface area contributed by atoms with E-state index >= 15 is 0 Å². The lowest BCUT2D eigenvalue weighted by atomic mass is 9.77. The van der Waals surface area contributed by atoms with Crippen LogP contribution in [-0.2, 0) is 5.54 Å². The van der Waals surface area contributed by atoms with Gasteiger partial charge in [0, 0.05) is 5.56 Å². The predicted octanol–water partition coefficient (Wildman–Crippen LogP) is 4.05. The van der Waals surface area contributed by atoms with Gasteiger partial charge in [0.05, 0.1) is 5.54 Å². The fourth-order valence-corrected chi connectivity index (χ4v) is 2.83. The van der Waals surface area contributed by atoms with Crippen LogP contribution in [0.5, 0.6) is 0 Å². The molecule has 0 radical (unpaired) electrons. The van der Waals surface area contributed by atoms with Gasteiger partial charge < -0.3 is 0 Å². The first-order valence-corrected chi connectivity index (χ1v) is 7.94. The molecule has 0 heterocycles. The highest BCUT2D eigenvalue weighted by Gasteiger charge is 2.35. The Kier molecular flexibility index (Phi) is 5.72. The molecule has 1 amide bonds. The molecule has 0 fully saturated rings. The van der Waals surface area contributed by atoms with Gasteiger partial charge in [-0.3, -0.25) is 10.2 Å². The molecule has 2 aromatic rings. The first-order chi connectivity index (χ1) is 11.1. The van der Waals surface area contributed by atoms with Crippen LogP contribution in [0.4, 0.5) is 0 Å². The highest BCUT2D eigenvalue weighted by Crippen LogP contribution is 2.33. The molecule has 3 nitrogen and oxygen atoms in total. The molecular weight excluding hydrogens is 284 g/mol. The summed E-state index contributed by atoms with van der Waals surface area (Å²) in [6, 6.07) is 19.4. The first kappa shape index (κ1) is 17.0. The van der Waals surface area contributed by atoms with E-state index in [9.17, 15) is 4.79 Å². The standard InChI is InChI=1S/C20H24N2O/c1-4-16(3)20(5-2,18-14-10-7-11-15-18)22-21-19(23)17-12-8-6-9-13-17/h4,6-16,22H,1,5H2,2-3H3,(H,21,23)/t16-,20-/m1/s1. The molecular formula is C20H24N2O. The maximum Gasteiger partial charge on any atom is 0.265 e. The summed E-state index contributed by atoms with van der Waals surface area (Å²) in [5.74, 6) is 0.00147. The molecule has 0 saturated carbocycles. The molecule has 120 valence electrons. The highest BCUT2D eigenvalue weighted by atomic mass is 16.2. The predicted molar refractivity (Wildman–Crippen MR) is 94.8 cm³/mol. The van der Waals surface area contributed by atoms with Gasteiger partial charge in [0.25, 0.3) is 5.91 Å². The number of hydrogen-bond acceptors (Lipinski definition) is 2. The van der Waals surface area contributed by atoms with Crippen LogP contribution in [0.3, 0.4) is 0 Å². The summed E-state index contributed by atoms with van der Waals surface area (Å²) in [6.07, 6.45) is 2.73. The molecule has 0 aliphatic rings. The molecule has 0 spiro atoms. The van der Waals surface area contributed by atoms with Crippen LogP contribution in [0.15, 0.2) is 73.3 Å². The third-order valence-corrected chi connectivity index (χ3v) is 4.41. The Morgan fingerprint density at radius 2 is 1.70 bits per heavy atom. The van der Waals surface area contributed by atoms with Crippen LogP contribution in [0.1, 0.15) is 36.2 Å². The molecule has 0 unspecified atom stereocenters.